The van der Waals surface area contributed by atoms with E-state index in [2.05, 4.69) is 9.95 Å². The van der Waals surface area contributed by atoms with Gasteiger partial charge in [-0.2, -0.15) is 4.79 Å². The Morgan fingerprint density at radius 1 is 1.45 bits per heavy atom. The third kappa shape index (κ3) is 3.67. The van der Waals surface area contributed by atoms with Gasteiger partial charge in [-0.25, -0.2) is 4.57 Å². The van der Waals surface area contributed by atoms with Crippen LogP contribution in [0, 0.1) is 6.92 Å². The average molecular weight is 327 g/mol. The van der Waals surface area contributed by atoms with E-state index in [1.165, 1.54) is 0 Å². The van der Waals surface area contributed by atoms with Gasteiger partial charge in [0.15, 0.2) is 5.76 Å². The molecule has 0 N–H and O–H groups in total. The first-order chi connectivity index (χ1) is 10.4. The van der Waals surface area contributed by atoms with Crippen LogP contribution in [0.15, 0.2) is 10.6 Å². The van der Waals surface area contributed by atoms with Crippen LogP contribution in [0.25, 0.3) is 11.6 Å². The van der Waals surface area contributed by atoms with E-state index in [0.29, 0.717) is 0 Å². The third-order valence-corrected chi connectivity index (χ3v) is 4.65. The summed E-state index contributed by atoms with van der Waals surface area (Å²) in [7, 11) is -1.83. The van der Waals surface area contributed by atoms with E-state index in [1.807, 2.05) is 13.0 Å². The van der Waals surface area contributed by atoms with Crippen LogP contribution in [-0.4, -0.2) is 35.4 Å². The van der Waals surface area contributed by atoms with E-state index in [-0.39, 0.29) is 17.0 Å². The predicted molar refractivity (Wildman–Crippen MR) is 79.8 cm³/mol. The first-order valence-electron chi connectivity index (χ1n) is 6.56. The molecule has 0 atom stereocenters. The lowest BCUT2D eigenvalue weighted by atomic mass is 10.1. The van der Waals surface area contributed by atoms with Crippen molar-refractivity contribution in [3.8, 4) is 0 Å². The lowest BCUT2D eigenvalue weighted by Gasteiger charge is -2.07. The van der Waals surface area contributed by atoms with Crippen LogP contribution in [0.3, 0.4) is 0 Å². The Morgan fingerprint density at radius 3 is 2.59 bits per heavy atom. The summed E-state index contributed by atoms with van der Waals surface area (Å²) in [6.07, 6.45) is 5.14. The van der Waals surface area contributed by atoms with E-state index in [0.717, 1.165) is 27.1 Å². The average Bonchev–Trinajstić information content (AvgIpc) is 2.88. The second-order valence-corrected chi connectivity index (χ2v) is 6.46. The van der Waals surface area contributed by atoms with Crippen LogP contribution >= 0.6 is 7.60 Å². The van der Waals surface area contributed by atoms with Crippen LogP contribution in [0.1, 0.15) is 41.6 Å². The molecule has 22 heavy (non-hydrogen) atoms. The summed E-state index contributed by atoms with van der Waals surface area (Å²) in [6, 6.07) is 0. The summed E-state index contributed by atoms with van der Waals surface area (Å²) in [4.78, 5) is 15.3. The minimum atomic E-state index is -4.00. The SMILES string of the molecule is CCC/C=C/c1onc(C)c1C(=O)C(=[N+]=[N-])P(=O)(OC)OC. The topological polar surface area (TPSA) is 115 Å². The summed E-state index contributed by atoms with van der Waals surface area (Å²) in [6.45, 7) is 3.55. The Balaban J connectivity index is 3.31. The molecule has 1 aromatic heterocycles. The van der Waals surface area contributed by atoms with Gasteiger partial charge in [0.2, 0.25) is 0 Å². The van der Waals surface area contributed by atoms with Crippen molar-refractivity contribution in [3.63, 3.8) is 0 Å². The van der Waals surface area contributed by atoms with E-state index >= 15 is 0 Å². The number of aromatic nitrogens is 1. The van der Waals surface area contributed by atoms with Crippen LogP contribution in [-0.2, 0) is 13.6 Å². The number of rotatable bonds is 8. The highest BCUT2D eigenvalue weighted by Gasteiger charge is 2.46. The molecule has 0 bridgehead atoms. The molecule has 0 aromatic carbocycles. The molecule has 0 radical (unpaired) electrons. The summed E-state index contributed by atoms with van der Waals surface area (Å²) in [5, 5.41) is 3.71. The Kier molecular flexibility index (Phi) is 6.59. The molecule has 9 heteroatoms. The molecule has 0 fully saturated rings. The highest BCUT2D eigenvalue weighted by molar-refractivity contribution is 7.75. The lowest BCUT2D eigenvalue weighted by Crippen LogP contribution is -2.19. The molecule has 0 aliphatic rings. The second kappa shape index (κ2) is 7.96. The van der Waals surface area contributed by atoms with Gasteiger partial charge in [0, 0.05) is 14.2 Å². The van der Waals surface area contributed by atoms with Crippen molar-refractivity contribution in [2.45, 2.75) is 26.7 Å². The lowest BCUT2D eigenvalue weighted by molar-refractivity contribution is -0.00426. The number of carbonyl (C=O) groups is 1. The fourth-order valence-electron chi connectivity index (χ4n) is 1.72. The van der Waals surface area contributed by atoms with Gasteiger partial charge in [-0.15, -0.1) is 0 Å². The molecular formula is C13H18N3O5P. The van der Waals surface area contributed by atoms with Gasteiger partial charge in [-0.05, 0) is 19.4 Å². The van der Waals surface area contributed by atoms with Gasteiger partial charge < -0.3 is 19.1 Å². The van der Waals surface area contributed by atoms with Gasteiger partial charge in [-0.1, -0.05) is 24.6 Å². The van der Waals surface area contributed by atoms with Crippen LogP contribution in [0.2, 0.25) is 0 Å². The van der Waals surface area contributed by atoms with E-state index in [4.69, 9.17) is 19.1 Å². The number of carbonyl (C=O) groups excluding carboxylic acids is 1. The van der Waals surface area contributed by atoms with Gasteiger partial charge in [0.25, 0.3) is 5.78 Å². The maximum absolute atomic E-state index is 12.5. The molecule has 0 aliphatic heterocycles. The zero-order valence-electron chi connectivity index (χ0n) is 12.9. The zero-order chi connectivity index (χ0) is 16.8. The molecule has 0 saturated carbocycles. The summed E-state index contributed by atoms with van der Waals surface area (Å²) >= 11 is 0. The first kappa shape index (κ1) is 18.2. The summed E-state index contributed by atoms with van der Waals surface area (Å²) in [5.74, 6) is -0.639. The quantitative estimate of drug-likeness (QED) is 0.238. The number of ketones is 1. The molecule has 0 unspecified atom stereocenters. The van der Waals surface area contributed by atoms with E-state index in [1.54, 1.807) is 13.0 Å². The maximum atomic E-state index is 12.5. The number of Topliss-reactive ketones (excluding diaryl/α,β-unsaturated/α-hetero) is 1. The standard InChI is InChI=1S/C13H18N3O5P/c1-5-6-7-8-10-11(9(2)16-21-10)12(17)13(15-14)22(18,19-3)20-4/h7-8H,5-6H2,1-4H3/b8-7+. The number of hydrogen-bond acceptors (Lipinski definition) is 6. The molecule has 0 aliphatic carbocycles. The number of allylic oxidation sites excluding steroid dienone is 1. The van der Waals surface area contributed by atoms with Crippen molar-refractivity contribution in [1.82, 2.24) is 5.16 Å². The Morgan fingerprint density at radius 2 is 2.09 bits per heavy atom. The number of hydrogen-bond donors (Lipinski definition) is 0. The third-order valence-electron chi connectivity index (χ3n) is 2.88. The monoisotopic (exact) mass is 327 g/mol. The smallest absolute Gasteiger partial charge is 0.360 e. The Hall–Kier alpha value is -1.85. The van der Waals surface area contributed by atoms with Crippen LogP contribution in [0.5, 0.6) is 0 Å². The number of aryl methyl sites for hydroxylation is 1. The van der Waals surface area contributed by atoms with E-state index in [9.17, 15) is 9.36 Å². The largest absolute Gasteiger partial charge is 0.449 e. The Labute approximate surface area is 128 Å². The van der Waals surface area contributed by atoms with Crippen molar-refractivity contribution in [2.24, 2.45) is 0 Å². The molecule has 1 aromatic rings. The number of nitrogens with zero attached hydrogens (tertiary/aromatic N) is 3. The first-order valence-corrected chi connectivity index (χ1v) is 8.11. The fraction of sp³-hybridized carbons (Fsp3) is 0.462. The zero-order valence-corrected chi connectivity index (χ0v) is 13.8. The minimum absolute atomic E-state index is 0.0504. The predicted octanol–water partition coefficient (Wildman–Crippen LogP) is 3.09. The van der Waals surface area contributed by atoms with Crippen molar-refractivity contribution < 1.29 is 27.7 Å². The fourth-order valence-corrected chi connectivity index (χ4v) is 2.68. The molecule has 1 heterocycles. The van der Waals surface area contributed by atoms with Crippen LogP contribution in [0.4, 0.5) is 0 Å². The second-order valence-electron chi connectivity index (χ2n) is 4.31. The van der Waals surface area contributed by atoms with Crippen LogP contribution < -0.4 is 0 Å². The maximum Gasteiger partial charge on any atom is 0.449 e. The highest BCUT2D eigenvalue weighted by Crippen LogP contribution is 2.48. The highest BCUT2D eigenvalue weighted by atomic mass is 31.2. The van der Waals surface area contributed by atoms with Crippen molar-refractivity contribution in [1.29, 1.82) is 0 Å². The van der Waals surface area contributed by atoms with E-state index < -0.39 is 18.8 Å². The summed E-state index contributed by atoms with van der Waals surface area (Å²) in [5.41, 5.74) is 8.66. The molecule has 8 nitrogen and oxygen atoms in total. The molecule has 0 saturated heterocycles. The molecule has 0 amide bonds. The molecule has 120 valence electrons. The molecule has 0 spiro atoms. The molecular weight excluding hydrogens is 309 g/mol. The van der Waals surface area contributed by atoms with Crippen molar-refractivity contribution in [2.75, 3.05) is 14.2 Å². The van der Waals surface area contributed by atoms with Gasteiger partial charge in [-0.3, -0.25) is 4.79 Å². The molecule has 1 rings (SSSR count). The number of unbranched alkanes of at least 4 members (excludes halogenated alkanes) is 1. The van der Waals surface area contributed by atoms with Gasteiger partial charge >= 0.3 is 13.0 Å². The van der Waals surface area contributed by atoms with Gasteiger partial charge in [0.05, 0.1) is 5.69 Å². The van der Waals surface area contributed by atoms with Gasteiger partial charge in [0.1, 0.15) is 5.56 Å². The van der Waals surface area contributed by atoms with Crippen molar-refractivity contribution in [3.05, 3.63) is 28.6 Å². The van der Waals surface area contributed by atoms with Crippen molar-refractivity contribution >= 4 is 24.9 Å². The normalized spacial score (nSPS) is 11.6. The minimum Gasteiger partial charge on any atom is -0.360 e. The summed E-state index contributed by atoms with van der Waals surface area (Å²) < 4.78 is 26.7. The Bertz CT molecular complexity index is 665.